The van der Waals surface area contributed by atoms with Crippen LogP contribution >= 0.6 is 11.3 Å². The van der Waals surface area contributed by atoms with Crippen LogP contribution in [-0.4, -0.2) is 35.6 Å². The number of fused-ring (bicyclic) bond motifs is 1. The third-order valence-corrected chi connectivity index (χ3v) is 5.44. The van der Waals surface area contributed by atoms with Crippen LogP contribution in [0.15, 0.2) is 11.4 Å². The molecule has 3 rings (SSSR count). The lowest BCUT2D eigenvalue weighted by atomic mass is 9.86. The van der Waals surface area contributed by atoms with E-state index in [1.54, 1.807) is 11.3 Å². The molecule has 1 amide bonds. The maximum absolute atomic E-state index is 12.7. The van der Waals surface area contributed by atoms with Gasteiger partial charge >= 0.3 is 0 Å². The molecule has 19 heavy (non-hydrogen) atoms. The fourth-order valence-electron chi connectivity index (χ4n) is 3.38. The van der Waals surface area contributed by atoms with Gasteiger partial charge in [-0.15, -0.1) is 11.3 Å². The highest BCUT2D eigenvalue weighted by atomic mass is 32.1. The number of piperidine rings is 1. The Labute approximate surface area is 118 Å². The van der Waals surface area contributed by atoms with E-state index in [4.69, 9.17) is 0 Å². The minimum atomic E-state index is 0.0763. The van der Waals surface area contributed by atoms with Gasteiger partial charge in [-0.1, -0.05) is 0 Å². The average Bonchev–Trinajstić information content (AvgIpc) is 2.95. The third-order valence-electron chi connectivity index (χ3n) is 4.44. The van der Waals surface area contributed by atoms with Gasteiger partial charge in [0.15, 0.2) is 0 Å². The molecule has 2 unspecified atom stereocenters. The van der Waals surface area contributed by atoms with Crippen molar-refractivity contribution in [3.8, 4) is 0 Å². The largest absolute Gasteiger partial charge is 0.396 e. The molecule has 1 fully saturated rings. The first-order chi connectivity index (χ1) is 9.29. The maximum Gasteiger partial charge on any atom is 0.230 e. The van der Waals surface area contributed by atoms with Crippen LogP contribution in [0.2, 0.25) is 0 Å². The Balaban J connectivity index is 1.74. The number of likely N-dealkylation sites (tertiary alicyclic amines) is 1. The van der Waals surface area contributed by atoms with Gasteiger partial charge in [0.05, 0.1) is 5.92 Å². The van der Waals surface area contributed by atoms with Crippen LogP contribution in [0.3, 0.4) is 0 Å². The van der Waals surface area contributed by atoms with Crippen molar-refractivity contribution in [2.45, 2.75) is 38.0 Å². The van der Waals surface area contributed by atoms with E-state index in [1.165, 1.54) is 10.4 Å². The molecule has 0 spiro atoms. The summed E-state index contributed by atoms with van der Waals surface area (Å²) in [6.45, 7) is 1.81. The lowest BCUT2D eigenvalue weighted by Gasteiger charge is -2.35. The van der Waals surface area contributed by atoms with Crippen LogP contribution in [0, 0.1) is 5.92 Å². The van der Waals surface area contributed by atoms with Gasteiger partial charge < -0.3 is 10.0 Å². The molecule has 0 saturated carbocycles. The minimum absolute atomic E-state index is 0.0763. The Hall–Kier alpha value is -0.870. The van der Waals surface area contributed by atoms with Gasteiger partial charge in [-0.05, 0) is 55.0 Å². The van der Waals surface area contributed by atoms with Gasteiger partial charge in [0, 0.05) is 24.6 Å². The average molecular weight is 279 g/mol. The van der Waals surface area contributed by atoms with E-state index in [9.17, 15) is 9.90 Å². The fraction of sp³-hybridized carbons (Fsp3) is 0.667. The number of aliphatic hydroxyl groups excluding tert-OH is 1. The predicted molar refractivity (Wildman–Crippen MR) is 76.4 cm³/mol. The van der Waals surface area contributed by atoms with Crippen molar-refractivity contribution < 1.29 is 9.90 Å². The van der Waals surface area contributed by atoms with E-state index in [0.29, 0.717) is 0 Å². The van der Waals surface area contributed by atoms with Gasteiger partial charge in [0.2, 0.25) is 5.91 Å². The number of aryl methyl sites for hydroxylation is 1. The number of carbonyl (C=O) groups excluding carboxylic acids is 1. The summed E-state index contributed by atoms with van der Waals surface area (Å²) in [5.74, 6) is 0.646. The van der Waals surface area contributed by atoms with Gasteiger partial charge in [-0.3, -0.25) is 4.79 Å². The summed E-state index contributed by atoms with van der Waals surface area (Å²) < 4.78 is 0. The Morgan fingerprint density at radius 3 is 3.16 bits per heavy atom. The SMILES string of the molecule is O=C(C1CCCc2sccc21)N1CCCC(CO)C1. The second-order valence-electron chi connectivity index (χ2n) is 5.72. The summed E-state index contributed by atoms with van der Waals surface area (Å²) in [4.78, 5) is 16.1. The van der Waals surface area contributed by atoms with E-state index < -0.39 is 0 Å². The summed E-state index contributed by atoms with van der Waals surface area (Å²) in [6.07, 6.45) is 5.33. The molecular formula is C15H21NO2S. The van der Waals surface area contributed by atoms with Gasteiger partial charge in [-0.25, -0.2) is 0 Å². The van der Waals surface area contributed by atoms with E-state index >= 15 is 0 Å². The van der Waals surface area contributed by atoms with E-state index in [2.05, 4.69) is 11.4 Å². The van der Waals surface area contributed by atoms with Crippen molar-refractivity contribution in [3.63, 3.8) is 0 Å². The van der Waals surface area contributed by atoms with Crippen molar-refractivity contribution in [2.75, 3.05) is 19.7 Å². The van der Waals surface area contributed by atoms with E-state index in [1.807, 2.05) is 4.90 Å². The Morgan fingerprint density at radius 2 is 2.32 bits per heavy atom. The Kier molecular flexibility index (Phi) is 3.89. The minimum Gasteiger partial charge on any atom is -0.396 e. The van der Waals surface area contributed by atoms with Crippen LogP contribution < -0.4 is 0 Å². The van der Waals surface area contributed by atoms with Crippen molar-refractivity contribution in [1.29, 1.82) is 0 Å². The molecule has 0 bridgehead atoms. The molecule has 3 nitrogen and oxygen atoms in total. The summed E-state index contributed by atoms with van der Waals surface area (Å²) in [5.41, 5.74) is 1.27. The molecule has 0 aromatic carbocycles. The standard InChI is InChI=1S/C15H21NO2S/c17-10-11-3-2-7-16(9-11)15(18)13-4-1-5-14-12(13)6-8-19-14/h6,8,11,13,17H,1-5,7,9-10H2. The molecule has 1 aromatic heterocycles. The first-order valence-electron chi connectivity index (χ1n) is 7.25. The number of hydrogen-bond donors (Lipinski definition) is 1. The zero-order valence-corrected chi connectivity index (χ0v) is 12.0. The Morgan fingerprint density at radius 1 is 1.42 bits per heavy atom. The quantitative estimate of drug-likeness (QED) is 0.903. The maximum atomic E-state index is 12.7. The van der Waals surface area contributed by atoms with Crippen LogP contribution in [0.5, 0.6) is 0 Å². The summed E-state index contributed by atoms with van der Waals surface area (Å²) in [6, 6.07) is 2.13. The van der Waals surface area contributed by atoms with Crippen LogP contribution in [0.25, 0.3) is 0 Å². The molecule has 0 radical (unpaired) electrons. The van der Waals surface area contributed by atoms with Crippen molar-refractivity contribution in [2.24, 2.45) is 5.92 Å². The second kappa shape index (κ2) is 5.63. The molecule has 1 aliphatic heterocycles. The number of aliphatic hydroxyl groups is 1. The van der Waals surface area contributed by atoms with Crippen LogP contribution in [0.1, 0.15) is 42.0 Å². The smallest absolute Gasteiger partial charge is 0.230 e. The number of hydrogen-bond acceptors (Lipinski definition) is 3. The third kappa shape index (κ3) is 2.56. The molecule has 4 heteroatoms. The monoisotopic (exact) mass is 279 g/mol. The normalized spacial score (nSPS) is 27.1. The second-order valence-corrected chi connectivity index (χ2v) is 6.72. The summed E-state index contributed by atoms with van der Waals surface area (Å²) in [7, 11) is 0. The van der Waals surface area contributed by atoms with Gasteiger partial charge in [-0.2, -0.15) is 0 Å². The molecule has 1 aromatic rings. The molecule has 2 aliphatic rings. The molecule has 2 atom stereocenters. The van der Waals surface area contributed by atoms with Crippen molar-refractivity contribution in [3.05, 3.63) is 21.9 Å². The topological polar surface area (TPSA) is 40.5 Å². The molecule has 1 saturated heterocycles. The lowest BCUT2D eigenvalue weighted by Crippen LogP contribution is -2.43. The summed E-state index contributed by atoms with van der Waals surface area (Å²) in [5, 5.41) is 11.4. The zero-order chi connectivity index (χ0) is 13.2. The van der Waals surface area contributed by atoms with Gasteiger partial charge in [0.1, 0.15) is 0 Å². The van der Waals surface area contributed by atoms with Gasteiger partial charge in [0.25, 0.3) is 0 Å². The molecule has 1 aliphatic carbocycles. The number of nitrogens with zero attached hydrogens (tertiary/aromatic N) is 1. The Bertz CT molecular complexity index is 457. The highest BCUT2D eigenvalue weighted by Gasteiger charge is 2.32. The van der Waals surface area contributed by atoms with E-state index in [0.717, 1.165) is 45.2 Å². The lowest BCUT2D eigenvalue weighted by molar-refractivity contribution is -0.135. The predicted octanol–water partition coefficient (Wildman–Crippen LogP) is 2.40. The first-order valence-corrected chi connectivity index (χ1v) is 8.13. The first kappa shape index (κ1) is 13.1. The molecule has 2 heterocycles. The fourth-order valence-corrected chi connectivity index (χ4v) is 4.37. The van der Waals surface area contributed by atoms with Crippen LogP contribution in [0.4, 0.5) is 0 Å². The zero-order valence-electron chi connectivity index (χ0n) is 11.2. The number of thiophene rings is 1. The molecule has 1 N–H and O–H groups in total. The number of amides is 1. The number of carbonyl (C=O) groups is 1. The summed E-state index contributed by atoms with van der Waals surface area (Å²) >= 11 is 1.79. The van der Waals surface area contributed by atoms with Crippen molar-refractivity contribution in [1.82, 2.24) is 4.90 Å². The van der Waals surface area contributed by atoms with Crippen LogP contribution in [-0.2, 0) is 11.2 Å². The highest BCUT2D eigenvalue weighted by molar-refractivity contribution is 7.10. The molecule has 104 valence electrons. The highest BCUT2D eigenvalue weighted by Crippen LogP contribution is 2.36. The molecular weight excluding hydrogens is 258 g/mol. The van der Waals surface area contributed by atoms with Crippen molar-refractivity contribution >= 4 is 17.2 Å². The number of rotatable bonds is 2. The van der Waals surface area contributed by atoms with E-state index in [-0.39, 0.29) is 24.3 Å².